The Kier molecular flexibility index (Phi) is 38.9. The van der Waals surface area contributed by atoms with Gasteiger partial charge in [-0.05, 0) is 0 Å². The van der Waals surface area contributed by atoms with Crippen LogP contribution in [-0.4, -0.2) is 18.3 Å². The fraction of sp³-hybridized carbons (Fsp3) is 0.667. The Morgan fingerprint density at radius 2 is 1.83 bits per heavy atom. The molecule has 0 amide bonds. The molecular weight excluding hydrogens is 80.0 g/mol. The van der Waals surface area contributed by atoms with E-state index in [1.54, 1.807) is 0 Å². The summed E-state index contributed by atoms with van der Waals surface area (Å²) in [5, 5.41) is 14.2. The van der Waals surface area contributed by atoms with E-state index in [1.165, 1.54) is 0 Å². The van der Waals surface area contributed by atoms with Crippen molar-refractivity contribution in [3.05, 3.63) is 0 Å². The fourth-order valence-electron chi connectivity index (χ4n) is 0. The molecule has 0 aromatic heterocycles. The van der Waals surface area contributed by atoms with Crippen molar-refractivity contribution in [1.29, 1.82) is 5.26 Å². The zero-order valence-corrected chi connectivity index (χ0v) is 3.46. The van der Waals surface area contributed by atoms with Gasteiger partial charge in [0.1, 0.15) is 0 Å². The van der Waals surface area contributed by atoms with Crippen LogP contribution < -0.4 is 5.73 Å². The van der Waals surface area contributed by atoms with Gasteiger partial charge in [0.25, 0.3) is 0 Å². The molecule has 6 heavy (non-hydrogen) atoms. The van der Waals surface area contributed by atoms with Gasteiger partial charge in [-0.15, -0.1) is 0 Å². The van der Waals surface area contributed by atoms with E-state index in [2.05, 4.69) is 6.57 Å². The number of hydrogen-bond acceptors (Lipinski definition) is 3. The van der Waals surface area contributed by atoms with Gasteiger partial charge >= 0.3 is 0 Å². The summed E-state index contributed by atoms with van der Waals surface area (Å²) in [6.45, 7) is 3.97. The highest BCUT2D eigenvalue weighted by Gasteiger charge is 1.56. The van der Waals surface area contributed by atoms with Gasteiger partial charge in [-0.25, -0.2) is 5.26 Å². The zero-order valence-electron chi connectivity index (χ0n) is 3.46. The quantitative estimate of drug-likeness (QED) is 0.435. The minimum Gasteiger partial charge on any atom is -0.395 e. The summed E-state index contributed by atoms with van der Waals surface area (Å²) in [6.07, 6.45) is 0. The van der Waals surface area contributed by atoms with Gasteiger partial charge in [0.15, 0.2) is 0 Å². The van der Waals surface area contributed by atoms with Crippen LogP contribution in [0.3, 0.4) is 0 Å². The molecule has 0 atom stereocenters. The van der Waals surface area contributed by atoms with E-state index in [1.807, 2.05) is 0 Å². The van der Waals surface area contributed by atoms with Crippen LogP contribution in [-0.2, 0) is 0 Å². The third-order valence-corrected chi connectivity index (χ3v) is 0.129. The molecule has 0 saturated carbocycles. The van der Waals surface area contributed by atoms with E-state index in [9.17, 15) is 0 Å². The summed E-state index contributed by atoms with van der Waals surface area (Å²) in [7, 11) is 0. The Hall–Kier alpha value is -0.590. The Morgan fingerprint density at radius 1 is 1.67 bits per heavy atom. The summed E-state index contributed by atoms with van der Waals surface area (Å²) < 4.78 is 0. The summed E-state index contributed by atoms with van der Waals surface area (Å²) in [5.41, 5.74) is 4.78. The Morgan fingerprint density at radius 3 is 1.83 bits per heavy atom. The fourth-order valence-corrected chi connectivity index (χ4v) is 0. The van der Waals surface area contributed by atoms with Gasteiger partial charge in [0, 0.05) is 13.1 Å². The molecule has 0 unspecified atom stereocenters. The number of rotatable bonds is 1. The molecule has 0 rings (SSSR count). The number of nitriles is 1. The van der Waals surface area contributed by atoms with Crippen molar-refractivity contribution in [3.8, 4) is 6.57 Å². The molecule has 3 heteroatoms. The lowest BCUT2D eigenvalue weighted by molar-refractivity contribution is 0.306. The second-order valence-electron chi connectivity index (χ2n) is 0.512. The molecule has 3 N–H and O–H groups in total. The molecule has 0 aliphatic heterocycles. The predicted molar refractivity (Wildman–Crippen MR) is 22.8 cm³/mol. The summed E-state index contributed by atoms with van der Waals surface area (Å²) in [6, 6.07) is 0. The molecule has 0 radical (unpaired) electrons. The number of aliphatic hydroxyl groups excluding tert-OH is 1. The van der Waals surface area contributed by atoms with Crippen molar-refractivity contribution in [1.82, 2.24) is 0 Å². The number of hydrogen-bond donors (Lipinski definition) is 2. The Bertz CT molecular complexity index is 25.2. The minimum atomic E-state index is 0.0972. The van der Waals surface area contributed by atoms with E-state index in [0.29, 0.717) is 6.54 Å². The maximum Gasteiger partial charge on any atom is 0.0553 e. The standard InChI is InChI=1S/C2H7NO.CHN/c3-1-2-4;1-2/h4H,1-3H2;1H. The Balaban J connectivity index is 0. The highest BCUT2D eigenvalue weighted by Crippen LogP contribution is 1.33. The van der Waals surface area contributed by atoms with Crippen LogP contribution in [0, 0.1) is 11.8 Å². The van der Waals surface area contributed by atoms with Crippen LogP contribution in [0.4, 0.5) is 0 Å². The van der Waals surface area contributed by atoms with Gasteiger partial charge < -0.3 is 10.8 Å². The van der Waals surface area contributed by atoms with Gasteiger partial charge in [-0.2, -0.15) is 0 Å². The van der Waals surface area contributed by atoms with Crippen LogP contribution in [0.1, 0.15) is 0 Å². The lowest BCUT2D eigenvalue weighted by Gasteiger charge is -1.71. The van der Waals surface area contributed by atoms with E-state index < -0.39 is 0 Å². The molecule has 0 aliphatic carbocycles. The van der Waals surface area contributed by atoms with Crippen molar-refractivity contribution in [2.75, 3.05) is 13.2 Å². The van der Waals surface area contributed by atoms with E-state index in [0.717, 1.165) is 0 Å². The minimum absolute atomic E-state index is 0.0972. The SMILES string of the molecule is C#N.NCCO. The molecule has 0 aromatic rings. The second-order valence-corrected chi connectivity index (χ2v) is 0.512. The molecule has 0 bridgehead atoms. The first-order valence-electron chi connectivity index (χ1n) is 1.48. The maximum atomic E-state index is 7.75. The van der Waals surface area contributed by atoms with Gasteiger partial charge in [-0.3, -0.25) is 0 Å². The van der Waals surface area contributed by atoms with Crippen molar-refractivity contribution >= 4 is 0 Å². The Labute approximate surface area is 37.0 Å². The average Bonchev–Trinajstić information content (AvgIpc) is 1.72. The third kappa shape index (κ3) is 118. The van der Waals surface area contributed by atoms with Crippen molar-refractivity contribution in [2.24, 2.45) is 5.73 Å². The van der Waals surface area contributed by atoms with Crippen molar-refractivity contribution in [2.45, 2.75) is 0 Å². The van der Waals surface area contributed by atoms with Crippen LogP contribution in [0.5, 0.6) is 0 Å². The topological polar surface area (TPSA) is 70.0 Å². The first-order chi connectivity index (χ1) is 2.91. The lowest BCUT2D eigenvalue weighted by Crippen LogP contribution is -2.02. The molecular formula is C3H8N2O. The third-order valence-electron chi connectivity index (χ3n) is 0.129. The van der Waals surface area contributed by atoms with Gasteiger partial charge in [0.05, 0.1) is 6.61 Å². The smallest absolute Gasteiger partial charge is 0.0553 e. The van der Waals surface area contributed by atoms with E-state index >= 15 is 0 Å². The molecule has 3 nitrogen and oxygen atoms in total. The number of aliphatic hydroxyl groups is 1. The summed E-state index contributed by atoms with van der Waals surface area (Å²) in [4.78, 5) is 0. The molecule has 0 aliphatic rings. The van der Waals surface area contributed by atoms with Gasteiger partial charge in [0.2, 0.25) is 0 Å². The molecule has 36 valence electrons. The average molecular weight is 88.1 g/mol. The van der Waals surface area contributed by atoms with Crippen LogP contribution >= 0.6 is 0 Å². The normalized spacial score (nSPS) is 5.33. The van der Waals surface area contributed by atoms with E-state index in [4.69, 9.17) is 16.1 Å². The molecule has 0 fully saturated rings. The molecule has 0 saturated heterocycles. The van der Waals surface area contributed by atoms with Crippen LogP contribution in [0.2, 0.25) is 0 Å². The van der Waals surface area contributed by atoms with E-state index in [-0.39, 0.29) is 6.61 Å². The largest absolute Gasteiger partial charge is 0.395 e. The highest BCUT2D eigenvalue weighted by atomic mass is 16.3. The van der Waals surface area contributed by atoms with Gasteiger partial charge in [-0.1, -0.05) is 0 Å². The molecule has 0 heterocycles. The lowest BCUT2D eigenvalue weighted by atomic mass is 10.8. The predicted octanol–water partition coefficient (Wildman–Crippen LogP) is -0.923. The van der Waals surface area contributed by atoms with Crippen molar-refractivity contribution in [3.63, 3.8) is 0 Å². The molecule has 0 spiro atoms. The highest BCUT2D eigenvalue weighted by molar-refractivity contribution is 4.17. The second kappa shape index (κ2) is 25.8. The molecule has 0 aromatic carbocycles. The maximum absolute atomic E-state index is 7.75. The van der Waals surface area contributed by atoms with Crippen LogP contribution in [0.15, 0.2) is 0 Å². The zero-order chi connectivity index (χ0) is 5.41. The first kappa shape index (κ1) is 9.05. The van der Waals surface area contributed by atoms with Crippen molar-refractivity contribution < 1.29 is 5.11 Å². The summed E-state index contributed by atoms with van der Waals surface area (Å²) >= 11 is 0. The summed E-state index contributed by atoms with van der Waals surface area (Å²) in [5.74, 6) is 0. The number of nitrogens with zero attached hydrogens (tertiary/aromatic N) is 1. The number of nitrogens with two attached hydrogens (primary N) is 1. The monoisotopic (exact) mass is 88.1 g/mol. The van der Waals surface area contributed by atoms with Crippen LogP contribution in [0.25, 0.3) is 0 Å². The first-order valence-corrected chi connectivity index (χ1v) is 1.48.